The van der Waals surface area contributed by atoms with Gasteiger partial charge in [-0.2, -0.15) is 0 Å². The van der Waals surface area contributed by atoms with Gasteiger partial charge in [0.05, 0.1) is 0 Å². The highest BCUT2D eigenvalue weighted by Gasteiger charge is 2.83. The van der Waals surface area contributed by atoms with E-state index in [1.165, 1.54) is 0 Å². The summed E-state index contributed by atoms with van der Waals surface area (Å²) in [5, 5.41) is 52.7. The molecule has 0 bridgehead atoms. The van der Waals surface area contributed by atoms with Crippen LogP contribution in [0.25, 0.3) is 0 Å². The van der Waals surface area contributed by atoms with Gasteiger partial charge < -0.3 is 30.3 Å². The molecule has 0 spiro atoms. The Morgan fingerprint density at radius 2 is 1.28 bits per heavy atom. The molecule has 1 aliphatic heterocycles. The first-order valence-electron chi connectivity index (χ1n) is 7.01. The maximum Gasteiger partial charge on any atom is 0.265 e. The van der Waals surface area contributed by atoms with Crippen LogP contribution in [-0.4, -0.2) is 82.4 Å². The number of hydrogen-bond donors (Lipinski definition) is 5. The van der Waals surface area contributed by atoms with Crippen molar-refractivity contribution >= 4 is 39.1 Å². The first-order chi connectivity index (χ1) is 11.0. The second-order valence-corrected chi connectivity index (χ2v) is 7.09. The Labute approximate surface area is 150 Å². The second kappa shape index (κ2) is 6.27. The number of ether oxygens (including phenoxy) is 1. The number of aliphatic hydroxyl groups excluding tert-OH is 1. The van der Waals surface area contributed by atoms with Crippen LogP contribution in [-0.2, 0) is 23.9 Å². The fourth-order valence-electron chi connectivity index (χ4n) is 3.00. The maximum atomic E-state index is 12.2. The lowest BCUT2D eigenvalue weighted by Crippen LogP contribution is -2.89. The minimum atomic E-state index is -3.66. The van der Waals surface area contributed by atoms with Gasteiger partial charge in [0.1, 0.15) is 12.2 Å². The third-order valence-electron chi connectivity index (χ3n) is 4.48. The lowest BCUT2D eigenvalue weighted by molar-refractivity contribution is -0.375. The lowest BCUT2D eigenvalue weighted by Gasteiger charge is -2.59. The van der Waals surface area contributed by atoms with Gasteiger partial charge >= 0.3 is 0 Å². The van der Waals surface area contributed by atoms with E-state index in [1.54, 1.807) is 0 Å². The Bertz CT molecular complexity index is 646. The van der Waals surface area contributed by atoms with Crippen molar-refractivity contribution in [2.75, 3.05) is 0 Å². The molecule has 25 heavy (non-hydrogen) atoms. The average Bonchev–Trinajstić information content (AvgIpc) is 2.47. The zero-order valence-electron chi connectivity index (χ0n) is 13.8. The summed E-state index contributed by atoms with van der Waals surface area (Å²) in [6.45, 7) is 2.82. The van der Waals surface area contributed by atoms with Gasteiger partial charge in [0.15, 0.2) is 28.7 Å². The molecule has 0 saturated carbocycles. The van der Waals surface area contributed by atoms with Crippen molar-refractivity contribution in [3.8, 4) is 0 Å². The Kier molecular flexibility index (Phi) is 5.51. The van der Waals surface area contributed by atoms with Crippen molar-refractivity contribution in [1.29, 1.82) is 0 Å². The minimum Gasteiger partial charge on any atom is -0.382 e. The molecule has 1 unspecified atom stereocenters. The highest BCUT2D eigenvalue weighted by Crippen LogP contribution is 2.53. The van der Waals surface area contributed by atoms with Gasteiger partial charge in [0.2, 0.25) is 11.2 Å². The van der Waals surface area contributed by atoms with Crippen molar-refractivity contribution < 1.29 is 49.4 Å². The first kappa shape index (κ1) is 22.0. The van der Waals surface area contributed by atoms with Gasteiger partial charge in [-0.25, -0.2) is 0 Å². The number of hydrogen-bond acceptors (Lipinski definition) is 10. The van der Waals surface area contributed by atoms with E-state index >= 15 is 0 Å². The van der Waals surface area contributed by atoms with Crippen LogP contribution in [0.4, 0.5) is 0 Å². The third-order valence-corrected chi connectivity index (χ3v) is 5.24. The molecule has 0 aliphatic carbocycles. The van der Waals surface area contributed by atoms with E-state index in [9.17, 15) is 44.7 Å². The number of carbonyl (C=O) groups excluding carboxylic acids is 4. The molecule has 5 N–H and O–H groups in total. The van der Waals surface area contributed by atoms with Crippen LogP contribution in [0.5, 0.6) is 0 Å². The number of halogens is 1. The highest BCUT2D eigenvalue weighted by atomic mass is 79.9. The maximum absolute atomic E-state index is 12.2. The standard InChI is InChI=1S/C14H19BrO10/c1-5(16)9(20)10-11(21,6(2)17)12(22,7(3)18)13(23,8(4)19)14(15,24)25-10/h9-10,20-24H,1-4H3/t9?,10-,11+,12+,13-,14+/m1/s1. The molecule has 1 rings (SSSR count). The summed E-state index contributed by atoms with van der Waals surface area (Å²) in [7, 11) is 0. The average molecular weight is 427 g/mol. The molecule has 1 saturated heterocycles. The van der Waals surface area contributed by atoms with E-state index < -0.39 is 56.8 Å². The van der Waals surface area contributed by atoms with E-state index in [2.05, 4.69) is 15.9 Å². The van der Waals surface area contributed by atoms with Gasteiger partial charge in [-0.05, 0) is 43.6 Å². The number of ketones is 4. The fraction of sp³-hybridized carbons (Fsp3) is 0.714. The van der Waals surface area contributed by atoms with Crippen LogP contribution in [0.3, 0.4) is 0 Å². The molecule has 1 heterocycles. The SMILES string of the molecule is CC(=O)C(O)[C@H]1O[C@](O)(Br)[C@@](O)(C(C)=O)[C@](O)(C(C)=O)[C@]1(O)C(C)=O. The van der Waals surface area contributed by atoms with Crippen molar-refractivity contribution in [1.82, 2.24) is 0 Å². The molecule has 10 nitrogen and oxygen atoms in total. The molecule has 6 atom stereocenters. The lowest BCUT2D eigenvalue weighted by atomic mass is 9.60. The van der Waals surface area contributed by atoms with Crippen LogP contribution in [0, 0.1) is 0 Å². The number of alkyl halides is 1. The zero-order chi connectivity index (χ0) is 20.2. The van der Waals surface area contributed by atoms with Crippen LogP contribution >= 0.6 is 15.9 Å². The van der Waals surface area contributed by atoms with Crippen LogP contribution < -0.4 is 0 Å². The van der Waals surface area contributed by atoms with E-state index in [4.69, 9.17) is 4.74 Å². The van der Waals surface area contributed by atoms with Gasteiger partial charge in [0, 0.05) is 0 Å². The normalized spacial score (nSPS) is 42.6. The Balaban J connectivity index is 3.99. The predicted molar refractivity (Wildman–Crippen MR) is 82.3 cm³/mol. The number of carbonyl (C=O) groups is 4. The summed E-state index contributed by atoms with van der Waals surface area (Å²) in [4.78, 5) is 47.8. The minimum absolute atomic E-state index is 0.632. The van der Waals surface area contributed by atoms with E-state index in [0.29, 0.717) is 20.8 Å². The highest BCUT2D eigenvalue weighted by molar-refractivity contribution is 9.10. The smallest absolute Gasteiger partial charge is 0.265 e. The molecule has 0 radical (unpaired) electrons. The number of aliphatic hydroxyl groups is 5. The van der Waals surface area contributed by atoms with Gasteiger partial charge in [-0.1, -0.05) is 0 Å². The van der Waals surface area contributed by atoms with Crippen LogP contribution in [0.2, 0.25) is 0 Å². The predicted octanol–water partition coefficient (Wildman–Crippen LogP) is -2.66. The Hall–Kier alpha value is -1.08. The summed E-state index contributed by atoms with van der Waals surface area (Å²) < 4.78 is 1.62. The van der Waals surface area contributed by atoms with Crippen LogP contribution in [0.1, 0.15) is 27.7 Å². The molecule has 0 aromatic heterocycles. The molecule has 0 aromatic rings. The Morgan fingerprint density at radius 3 is 1.56 bits per heavy atom. The summed E-state index contributed by atoms with van der Waals surface area (Å²) in [6, 6.07) is 0. The van der Waals surface area contributed by atoms with Crippen molar-refractivity contribution in [2.24, 2.45) is 0 Å². The van der Waals surface area contributed by atoms with E-state index in [-0.39, 0.29) is 0 Å². The molecular formula is C14H19BrO10. The summed E-state index contributed by atoms with van der Waals surface area (Å²) in [5.74, 6) is -5.39. The Morgan fingerprint density at radius 1 is 0.880 bits per heavy atom. The molecule has 0 aromatic carbocycles. The summed E-state index contributed by atoms with van der Waals surface area (Å²) in [5.41, 5.74) is -10.7. The third kappa shape index (κ3) is 2.53. The monoisotopic (exact) mass is 426 g/mol. The van der Waals surface area contributed by atoms with Gasteiger partial charge in [0.25, 0.3) is 4.70 Å². The number of rotatable bonds is 5. The van der Waals surface area contributed by atoms with E-state index in [0.717, 1.165) is 6.92 Å². The topological polar surface area (TPSA) is 179 Å². The van der Waals surface area contributed by atoms with Crippen molar-refractivity contribution in [3.63, 3.8) is 0 Å². The van der Waals surface area contributed by atoms with Crippen LogP contribution in [0.15, 0.2) is 0 Å². The molecule has 142 valence electrons. The van der Waals surface area contributed by atoms with Gasteiger partial charge in [-0.15, -0.1) is 0 Å². The van der Waals surface area contributed by atoms with Crippen molar-refractivity contribution in [3.05, 3.63) is 0 Å². The largest absolute Gasteiger partial charge is 0.382 e. The van der Waals surface area contributed by atoms with E-state index in [1.807, 2.05) is 0 Å². The molecule has 1 fully saturated rings. The summed E-state index contributed by atoms with van der Waals surface area (Å²) >= 11 is 2.42. The first-order valence-corrected chi connectivity index (χ1v) is 7.80. The zero-order valence-corrected chi connectivity index (χ0v) is 15.4. The second-order valence-electron chi connectivity index (χ2n) is 6.01. The van der Waals surface area contributed by atoms with Gasteiger partial charge in [-0.3, -0.25) is 19.2 Å². The number of Topliss-reactive ketones (excluding diaryl/α,β-unsaturated/α-hetero) is 4. The molecule has 0 amide bonds. The molecular weight excluding hydrogens is 408 g/mol. The molecule has 11 heteroatoms. The quantitative estimate of drug-likeness (QED) is 0.291. The molecule has 1 aliphatic rings. The summed E-state index contributed by atoms with van der Waals surface area (Å²) in [6.07, 6.45) is -4.68. The van der Waals surface area contributed by atoms with Crippen molar-refractivity contribution in [2.45, 2.75) is 61.4 Å². The fourth-order valence-corrected chi connectivity index (χ4v) is 3.77.